The van der Waals surface area contributed by atoms with Crippen LogP contribution in [-0.4, -0.2) is 18.7 Å². The zero-order valence-electron chi connectivity index (χ0n) is 11.2. The van der Waals surface area contributed by atoms with E-state index in [1.54, 1.807) is 6.07 Å². The smallest absolute Gasteiger partial charge is 0.138 e. The van der Waals surface area contributed by atoms with Crippen molar-refractivity contribution in [3.8, 4) is 5.75 Å². The first-order valence-corrected chi connectivity index (χ1v) is 6.79. The van der Waals surface area contributed by atoms with E-state index >= 15 is 0 Å². The fraction of sp³-hybridized carbons (Fsp3) is 0.571. The lowest BCUT2D eigenvalue weighted by Gasteiger charge is -2.20. The molecule has 1 aromatic rings. The van der Waals surface area contributed by atoms with Gasteiger partial charge in [0.1, 0.15) is 17.7 Å². The van der Waals surface area contributed by atoms with Crippen molar-refractivity contribution in [1.82, 2.24) is 5.32 Å². The van der Waals surface area contributed by atoms with Crippen LogP contribution in [0.25, 0.3) is 0 Å². The van der Waals surface area contributed by atoms with Crippen LogP contribution in [0, 0.1) is 5.82 Å². The van der Waals surface area contributed by atoms with Crippen LogP contribution in [0.5, 0.6) is 5.75 Å². The molecule has 0 radical (unpaired) electrons. The average Bonchev–Trinajstić information content (AvgIpc) is 2.34. The first kappa shape index (κ1) is 15.3. The van der Waals surface area contributed by atoms with Gasteiger partial charge in [0, 0.05) is 12.6 Å². The van der Waals surface area contributed by atoms with E-state index in [4.69, 9.17) is 16.3 Å². The van der Waals surface area contributed by atoms with Gasteiger partial charge in [-0.2, -0.15) is 0 Å². The van der Waals surface area contributed by atoms with Crippen molar-refractivity contribution in [1.29, 1.82) is 0 Å². The summed E-state index contributed by atoms with van der Waals surface area (Å²) in [5.41, 5.74) is 0. The second-order valence-electron chi connectivity index (χ2n) is 4.42. The van der Waals surface area contributed by atoms with Gasteiger partial charge in [-0.3, -0.25) is 0 Å². The van der Waals surface area contributed by atoms with Crippen molar-refractivity contribution < 1.29 is 9.13 Å². The summed E-state index contributed by atoms with van der Waals surface area (Å²) >= 11 is 5.91. The summed E-state index contributed by atoms with van der Waals surface area (Å²) in [5.74, 6) is 0.173. The largest absolute Gasteiger partial charge is 0.488 e. The molecule has 0 aromatic heterocycles. The molecule has 102 valence electrons. The normalized spacial score (nSPS) is 12.8. The minimum Gasteiger partial charge on any atom is -0.488 e. The molecule has 1 atom stereocenters. The van der Waals surface area contributed by atoms with E-state index in [1.807, 2.05) is 6.92 Å². The summed E-state index contributed by atoms with van der Waals surface area (Å²) in [7, 11) is 0. The van der Waals surface area contributed by atoms with Crippen molar-refractivity contribution >= 4 is 11.6 Å². The molecule has 0 heterocycles. The Labute approximate surface area is 113 Å². The average molecular weight is 274 g/mol. The van der Waals surface area contributed by atoms with Gasteiger partial charge < -0.3 is 10.1 Å². The highest BCUT2D eigenvalue weighted by atomic mass is 35.5. The molecule has 0 fully saturated rings. The van der Waals surface area contributed by atoms with Crippen LogP contribution in [-0.2, 0) is 0 Å². The number of rotatable bonds is 7. The fourth-order valence-corrected chi connectivity index (χ4v) is 1.95. The molecule has 0 spiro atoms. The Hall–Kier alpha value is -0.800. The highest BCUT2D eigenvalue weighted by molar-refractivity contribution is 6.32. The van der Waals surface area contributed by atoms with E-state index in [9.17, 15) is 4.39 Å². The van der Waals surface area contributed by atoms with Crippen molar-refractivity contribution in [2.45, 2.75) is 45.8 Å². The summed E-state index contributed by atoms with van der Waals surface area (Å²) in [6.07, 6.45) is 2.19. The Balaban J connectivity index is 2.46. The molecule has 0 aliphatic rings. The molecule has 18 heavy (non-hydrogen) atoms. The van der Waals surface area contributed by atoms with Gasteiger partial charge in [0.05, 0.1) is 5.02 Å². The molecule has 1 rings (SSSR count). The predicted molar refractivity (Wildman–Crippen MR) is 73.9 cm³/mol. The van der Waals surface area contributed by atoms with Crippen LogP contribution >= 0.6 is 11.6 Å². The molecule has 0 amide bonds. The fourth-order valence-electron chi connectivity index (χ4n) is 1.74. The standard InChI is InChI=1S/C14H21ClFNO/c1-4-12(5-2)17-9-10(3)18-14-7-6-11(16)8-13(14)15/h6-8,10,12,17H,4-5,9H2,1-3H3. The predicted octanol–water partition coefficient (Wildman–Crippen LogP) is 4.02. The number of halogens is 2. The van der Waals surface area contributed by atoms with E-state index in [2.05, 4.69) is 19.2 Å². The van der Waals surface area contributed by atoms with Gasteiger partial charge in [-0.05, 0) is 38.0 Å². The first-order valence-electron chi connectivity index (χ1n) is 6.41. The number of nitrogens with one attached hydrogen (secondary N) is 1. The quantitative estimate of drug-likeness (QED) is 0.810. The van der Waals surface area contributed by atoms with Crippen LogP contribution in [0.4, 0.5) is 4.39 Å². The van der Waals surface area contributed by atoms with Gasteiger partial charge in [0.15, 0.2) is 0 Å². The molecule has 2 nitrogen and oxygen atoms in total. The van der Waals surface area contributed by atoms with Crippen molar-refractivity contribution in [2.24, 2.45) is 0 Å². The Kier molecular flexibility index (Phi) is 6.44. The number of hydrogen-bond donors (Lipinski definition) is 1. The second-order valence-corrected chi connectivity index (χ2v) is 4.83. The minimum absolute atomic E-state index is 0.00596. The van der Waals surface area contributed by atoms with Gasteiger partial charge >= 0.3 is 0 Å². The Morgan fingerprint density at radius 2 is 2.00 bits per heavy atom. The maximum Gasteiger partial charge on any atom is 0.138 e. The topological polar surface area (TPSA) is 21.3 Å². The lowest BCUT2D eigenvalue weighted by Crippen LogP contribution is -2.36. The molecule has 0 saturated heterocycles. The number of benzene rings is 1. The molecular formula is C14H21ClFNO. The molecule has 1 aromatic carbocycles. The zero-order valence-corrected chi connectivity index (χ0v) is 11.9. The van der Waals surface area contributed by atoms with Crippen LogP contribution < -0.4 is 10.1 Å². The third-order valence-electron chi connectivity index (χ3n) is 2.90. The summed E-state index contributed by atoms with van der Waals surface area (Å²) in [4.78, 5) is 0. The van der Waals surface area contributed by atoms with E-state index in [1.165, 1.54) is 12.1 Å². The first-order chi connectivity index (χ1) is 8.56. The molecule has 0 aliphatic heterocycles. The summed E-state index contributed by atoms with van der Waals surface area (Å²) in [6, 6.07) is 4.69. The second kappa shape index (κ2) is 7.59. The summed E-state index contributed by atoms with van der Waals surface area (Å²) < 4.78 is 18.6. The highest BCUT2D eigenvalue weighted by Gasteiger charge is 2.10. The Morgan fingerprint density at radius 1 is 1.33 bits per heavy atom. The van der Waals surface area contributed by atoms with Crippen molar-refractivity contribution in [3.63, 3.8) is 0 Å². The van der Waals surface area contributed by atoms with Gasteiger partial charge in [0.25, 0.3) is 0 Å². The maximum absolute atomic E-state index is 12.9. The molecule has 0 saturated carbocycles. The summed E-state index contributed by atoms with van der Waals surface area (Å²) in [5, 5.41) is 3.74. The van der Waals surface area contributed by atoms with E-state index in [0.717, 1.165) is 19.4 Å². The van der Waals surface area contributed by atoms with Gasteiger partial charge in [-0.1, -0.05) is 25.4 Å². The minimum atomic E-state index is -0.352. The van der Waals surface area contributed by atoms with Crippen molar-refractivity contribution in [3.05, 3.63) is 29.0 Å². The van der Waals surface area contributed by atoms with Gasteiger partial charge in [0.2, 0.25) is 0 Å². The van der Waals surface area contributed by atoms with Crippen LogP contribution in [0.2, 0.25) is 5.02 Å². The SMILES string of the molecule is CCC(CC)NCC(C)Oc1ccc(F)cc1Cl. The van der Waals surface area contributed by atoms with Gasteiger partial charge in [-0.15, -0.1) is 0 Å². The van der Waals surface area contributed by atoms with E-state index < -0.39 is 0 Å². The molecule has 0 aliphatic carbocycles. The third-order valence-corrected chi connectivity index (χ3v) is 3.20. The van der Waals surface area contributed by atoms with Crippen LogP contribution in [0.3, 0.4) is 0 Å². The van der Waals surface area contributed by atoms with E-state index in [-0.39, 0.29) is 11.9 Å². The maximum atomic E-state index is 12.9. The van der Waals surface area contributed by atoms with Crippen molar-refractivity contribution in [2.75, 3.05) is 6.54 Å². The Morgan fingerprint density at radius 3 is 2.56 bits per heavy atom. The molecule has 4 heteroatoms. The highest BCUT2D eigenvalue weighted by Crippen LogP contribution is 2.25. The third kappa shape index (κ3) is 4.83. The zero-order chi connectivity index (χ0) is 13.5. The summed E-state index contributed by atoms with van der Waals surface area (Å²) in [6.45, 7) is 7.03. The molecule has 1 unspecified atom stereocenters. The number of ether oxygens (including phenoxy) is 1. The molecule has 0 bridgehead atoms. The molecular weight excluding hydrogens is 253 g/mol. The lowest BCUT2D eigenvalue weighted by molar-refractivity contribution is 0.210. The lowest BCUT2D eigenvalue weighted by atomic mass is 10.1. The Bertz CT molecular complexity index is 369. The molecule has 1 N–H and O–H groups in total. The number of hydrogen-bond acceptors (Lipinski definition) is 2. The monoisotopic (exact) mass is 273 g/mol. The van der Waals surface area contributed by atoms with Crippen LogP contribution in [0.15, 0.2) is 18.2 Å². The van der Waals surface area contributed by atoms with Gasteiger partial charge in [-0.25, -0.2) is 4.39 Å². The van der Waals surface area contributed by atoms with E-state index in [0.29, 0.717) is 16.8 Å². The van der Waals surface area contributed by atoms with Crippen LogP contribution in [0.1, 0.15) is 33.6 Å².